The van der Waals surface area contributed by atoms with E-state index >= 15 is 0 Å². The number of carbonyl (C=O) groups excluding carboxylic acids is 1. The zero-order chi connectivity index (χ0) is 20.8. The summed E-state index contributed by atoms with van der Waals surface area (Å²) in [6, 6.07) is 15.6. The zero-order valence-corrected chi connectivity index (χ0v) is 17.7. The Hall–Kier alpha value is -2.12. The molecule has 2 aromatic carbocycles. The second-order valence-electron chi connectivity index (χ2n) is 7.87. The second kappa shape index (κ2) is 10.3. The van der Waals surface area contributed by atoms with E-state index in [9.17, 15) is 4.79 Å². The Kier molecular flexibility index (Phi) is 7.23. The predicted molar refractivity (Wildman–Crippen MR) is 118 cm³/mol. The highest BCUT2D eigenvalue weighted by Crippen LogP contribution is 2.21. The Labute approximate surface area is 182 Å². The second-order valence-corrected chi connectivity index (χ2v) is 8.31. The van der Waals surface area contributed by atoms with Crippen LogP contribution in [0, 0.1) is 0 Å². The van der Waals surface area contributed by atoms with Gasteiger partial charge in [0.15, 0.2) is 0 Å². The van der Waals surface area contributed by atoms with Crippen LogP contribution < -0.4 is 10.6 Å². The Balaban J connectivity index is 1.16. The van der Waals surface area contributed by atoms with Gasteiger partial charge in [0.25, 0.3) is 0 Å². The summed E-state index contributed by atoms with van der Waals surface area (Å²) in [6.45, 7) is 4.98. The Morgan fingerprint density at radius 2 is 1.70 bits per heavy atom. The molecule has 6 nitrogen and oxygen atoms in total. The molecule has 2 saturated heterocycles. The van der Waals surface area contributed by atoms with Crippen LogP contribution in [-0.2, 0) is 22.6 Å². The minimum absolute atomic E-state index is 0.238. The zero-order valence-electron chi connectivity index (χ0n) is 17.0. The van der Waals surface area contributed by atoms with Crippen molar-refractivity contribution in [3.8, 4) is 0 Å². The molecule has 2 aliphatic heterocycles. The molecule has 2 aromatic rings. The fraction of sp³-hybridized carbons (Fsp3) is 0.435. The van der Waals surface area contributed by atoms with Crippen LogP contribution in [0.3, 0.4) is 0 Å². The number of piperidine rings is 1. The number of amides is 2. The smallest absolute Gasteiger partial charge is 0.319 e. The van der Waals surface area contributed by atoms with Crippen molar-refractivity contribution in [3.63, 3.8) is 0 Å². The average Bonchev–Trinajstić information content (AvgIpc) is 2.73. The lowest BCUT2D eigenvalue weighted by atomic mass is 10.0. The van der Waals surface area contributed by atoms with Crippen molar-refractivity contribution in [1.29, 1.82) is 0 Å². The highest BCUT2D eigenvalue weighted by Gasteiger charge is 2.29. The third kappa shape index (κ3) is 5.95. The fourth-order valence-corrected chi connectivity index (χ4v) is 3.83. The first kappa shape index (κ1) is 21.1. The number of urea groups is 1. The van der Waals surface area contributed by atoms with Gasteiger partial charge in [-0.3, -0.25) is 4.90 Å². The SMILES string of the molecule is O=C(NCc1ccc(Cl)cc1)Nc1ccc(COC2CCN(C3COC3)CC2)cc1. The van der Waals surface area contributed by atoms with Crippen LogP contribution in [0.2, 0.25) is 5.02 Å². The van der Waals surface area contributed by atoms with Gasteiger partial charge in [-0.15, -0.1) is 0 Å². The van der Waals surface area contributed by atoms with Crippen molar-refractivity contribution in [1.82, 2.24) is 10.2 Å². The topological polar surface area (TPSA) is 62.8 Å². The van der Waals surface area contributed by atoms with E-state index in [4.69, 9.17) is 21.1 Å². The highest BCUT2D eigenvalue weighted by atomic mass is 35.5. The maximum Gasteiger partial charge on any atom is 0.319 e. The maximum absolute atomic E-state index is 12.1. The summed E-state index contributed by atoms with van der Waals surface area (Å²) in [6.07, 6.45) is 2.46. The molecule has 2 heterocycles. The van der Waals surface area contributed by atoms with Crippen molar-refractivity contribution in [2.24, 2.45) is 0 Å². The lowest BCUT2D eigenvalue weighted by Crippen LogP contribution is -2.52. The first-order valence-electron chi connectivity index (χ1n) is 10.5. The van der Waals surface area contributed by atoms with Gasteiger partial charge < -0.3 is 20.1 Å². The Bertz CT molecular complexity index is 817. The van der Waals surface area contributed by atoms with Gasteiger partial charge in [0, 0.05) is 30.3 Å². The van der Waals surface area contributed by atoms with E-state index in [1.54, 1.807) is 0 Å². The molecule has 0 aliphatic carbocycles. The molecule has 0 radical (unpaired) electrons. The molecule has 0 bridgehead atoms. The number of anilines is 1. The van der Waals surface area contributed by atoms with E-state index < -0.39 is 0 Å². The lowest BCUT2D eigenvalue weighted by Gasteiger charge is -2.41. The quantitative estimate of drug-likeness (QED) is 0.697. The molecule has 2 amide bonds. The standard InChI is InChI=1S/C23H28ClN3O3/c24-19-5-1-17(2-6-19)13-25-23(28)26-20-7-3-18(4-8-20)14-30-22-9-11-27(12-10-22)21-15-29-16-21/h1-8,21-22H,9-16H2,(H2,25,26,28). The lowest BCUT2D eigenvalue weighted by molar-refractivity contribution is -0.0883. The molecular weight excluding hydrogens is 402 g/mol. The van der Waals surface area contributed by atoms with Gasteiger partial charge in [-0.2, -0.15) is 0 Å². The molecule has 2 fully saturated rings. The van der Waals surface area contributed by atoms with E-state index in [0.29, 0.717) is 30.3 Å². The van der Waals surface area contributed by atoms with Crippen molar-refractivity contribution in [2.75, 3.05) is 31.6 Å². The highest BCUT2D eigenvalue weighted by molar-refractivity contribution is 6.30. The van der Waals surface area contributed by atoms with E-state index in [0.717, 1.165) is 56.0 Å². The summed E-state index contributed by atoms with van der Waals surface area (Å²) in [5.41, 5.74) is 2.86. The van der Waals surface area contributed by atoms with Gasteiger partial charge in [-0.1, -0.05) is 35.9 Å². The summed E-state index contributed by atoms with van der Waals surface area (Å²) in [5.74, 6) is 0. The molecule has 0 atom stereocenters. The molecular formula is C23H28ClN3O3. The number of rotatable bonds is 7. The van der Waals surface area contributed by atoms with Crippen LogP contribution in [0.4, 0.5) is 10.5 Å². The average molecular weight is 430 g/mol. The van der Waals surface area contributed by atoms with E-state index in [1.165, 1.54) is 0 Å². The van der Waals surface area contributed by atoms with Gasteiger partial charge in [-0.25, -0.2) is 4.79 Å². The van der Waals surface area contributed by atoms with Crippen LogP contribution >= 0.6 is 11.6 Å². The first-order chi connectivity index (χ1) is 14.7. The van der Waals surface area contributed by atoms with Crippen LogP contribution in [0.5, 0.6) is 0 Å². The number of carbonyl (C=O) groups is 1. The van der Waals surface area contributed by atoms with Gasteiger partial charge in [0.2, 0.25) is 0 Å². The molecule has 2 aliphatic rings. The van der Waals surface area contributed by atoms with E-state index in [-0.39, 0.29) is 6.03 Å². The summed E-state index contributed by atoms with van der Waals surface area (Å²) in [7, 11) is 0. The number of nitrogens with one attached hydrogen (secondary N) is 2. The van der Waals surface area contributed by atoms with Crippen molar-refractivity contribution in [2.45, 2.75) is 38.1 Å². The Morgan fingerprint density at radius 3 is 2.33 bits per heavy atom. The minimum atomic E-state index is -0.238. The normalized spacial score (nSPS) is 18.0. The van der Waals surface area contributed by atoms with Crippen molar-refractivity contribution >= 4 is 23.3 Å². The Morgan fingerprint density at radius 1 is 1.03 bits per heavy atom. The molecule has 160 valence electrons. The number of nitrogens with zero attached hydrogens (tertiary/aromatic N) is 1. The van der Waals surface area contributed by atoms with Gasteiger partial charge in [-0.05, 0) is 48.2 Å². The van der Waals surface area contributed by atoms with Gasteiger partial charge in [0.1, 0.15) is 0 Å². The van der Waals surface area contributed by atoms with Crippen LogP contribution in [-0.4, -0.2) is 49.4 Å². The largest absolute Gasteiger partial charge is 0.378 e. The molecule has 0 saturated carbocycles. The predicted octanol–water partition coefficient (Wildman–Crippen LogP) is 4.04. The number of likely N-dealkylation sites (tertiary alicyclic amines) is 1. The fourth-order valence-electron chi connectivity index (χ4n) is 3.70. The number of hydrogen-bond acceptors (Lipinski definition) is 4. The molecule has 30 heavy (non-hydrogen) atoms. The number of hydrogen-bond donors (Lipinski definition) is 2. The minimum Gasteiger partial charge on any atom is -0.378 e. The van der Waals surface area contributed by atoms with E-state index in [1.807, 2.05) is 48.5 Å². The third-order valence-corrected chi connectivity index (χ3v) is 5.93. The molecule has 4 rings (SSSR count). The monoisotopic (exact) mass is 429 g/mol. The first-order valence-corrected chi connectivity index (χ1v) is 10.8. The molecule has 7 heteroatoms. The maximum atomic E-state index is 12.1. The summed E-state index contributed by atoms with van der Waals surface area (Å²) >= 11 is 5.87. The van der Waals surface area contributed by atoms with Crippen LogP contribution in [0.1, 0.15) is 24.0 Å². The molecule has 0 aromatic heterocycles. The van der Waals surface area contributed by atoms with Crippen molar-refractivity contribution < 1.29 is 14.3 Å². The number of halogens is 1. The molecule has 0 spiro atoms. The van der Waals surface area contributed by atoms with Crippen molar-refractivity contribution in [3.05, 3.63) is 64.7 Å². The number of ether oxygens (including phenoxy) is 2. The third-order valence-electron chi connectivity index (χ3n) is 5.68. The molecule has 2 N–H and O–H groups in total. The van der Waals surface area contributed by atoms with Crippen LogP contribution in [0.15, 0.2) is 48.5 Å². The molecule has 0 unspecified atom stereocenters. The summed E-state index contributed by atoms with van der Waals surface area (Å²) in [5, 5.41) is 6.37. The summed E-state index contributed by atoms with van der Waals surface area (Å²) < 4.78 is 11.4. The number of benzene rings is 2. The van der Waals surface area contributed by atoms with E-state index in [2.05, 4.69) is 15.5 Å². The summed E-state index contributed by atoms with van der Waals surface area (Å²) in [4.78, 5) is 14.6. The van der Waals surface area contributed by atoms with Gasteiger partial charge >= 0.3 is 6.03 Å². The van der Waals surface area contributed by atoms with Gasteiger partial charge in [0.05, 0.1) is 32.0 Å². The van der Waals surface area contributed by atoms with Crippen LogP contribution in [0.25, 0.3) is 0 Å².